The molecule has 0 saturated heterocycles. The summed E-state index contributed by atoms with van der Waals surface area (Å²) in [6.45, 7) is 2.05. The molecule has 0 radical (unpaired) electrons. The first-order valence-corrected chi connectivity index (χ1v) is 5.13. The highest BCUT2D eigenvalue weighted by Crippen LogP contribution is 2.12. The van der Waals surface area contributed by atoms with Gasteiger partial charge in [0.15, 0.2) is 0 Å². The van der Waals surface area contributed by atoms with E-state index in [1.807, 2.05) is 61.5 Å². The van der Waals surface area contributed by atoms with Crippen molar-refractivity contribution in [2.24, 2.45) is 9.98 Å². The Labute approximate surface area is 95.0 Å². The summed E-state index contributed by atoms with van der Waals surface area (Å²) in [4.78, 5) is 8.23. The van der Waals surface area contributed by atoms with E-state index in [2.05, 4.69) is 16.0 Å². The Hall–Kier alpha value is -2.18. The molecule has 0 aliphatic carbocycles. The number of aliphatic imine (C=N–C) groups is 2. The van der Waals surface area contributed by atoms with Crippen LogP contribution in [0, 0.1) is 6.92 Å². The van der Waals surface area contributed by atoms with Gasteiger partial charge < -0.3 is 0 Å². The molecule has 2 heteroatoms. The Morgan fingerprint density at radius 1 is 0.750 bits per heavy atom. The van der Waals surface area contributed by atoms with Crippen molar-refractivity contribution in [3.63, 3.8) is 0 Å². The third-order valence-electron chi connectivity index (χ3n) is 2.15. The van der Waals surface area contributed by atoms with E-state index in [-0.39, 0.29) is 0 Å². The second-order valence-corrected chi connectivity index (χ2v) is 3.49. The molecule has 78 valence electrons. The molecule has 0 unspecified atom stereocenters. The van der Waals surface area contributed by atoms with Gasteiger partial charge in [-0.2, -0.15) is 9.98 Å². The van der Waals surface area contributed by atoms with E-state index in [4.69, 9.17) is 0 Å². The second kappa shape index (κ2) is 5.06. The molecule has 0 spiro atoms. The van der Waals surface area contributed by atoms with Crippen LogP contribution in [-0.4, -0.2) is 6.01 Å². The van der Waals surface area contributed by atoms with E-state index in [1.54, 1.807) is 0 Å². The summed E-state index contributed by atoms with van der Waals surface area (Å²) in [5.41, 5.74) is 2.95. The first kappa shape index (κ1) is 10.3. The first-order chi connectivity index (χ1) is 7.84. The van der Waals surface area contributed by atoms with Crippen LogP contribution in [-0.2, 0) is 0 Å². The molecule has 0 atom stereocenters. The zero-order valence-electron chi connectivity index (χ0n) is 9.09. The zero-order chi connectivity index (χ0) is 11.2. The van der Waals surface area contributed by atoms with Crippen molar-refractivity contribution in [2.45, 2.75) is 6.92 Å². The van der Waals surface area contributed by atoms with Crippen LogP contribution in [0.2, 0.25) is 0 Å². The van der Waals surface area contributed by atoms with Crippen LogP contribution in [0.5, 0.6) is 0 Å². The summed E-state index contributed by atoms with van der Waals surface area (Å²) in [6, 6.07) is 20.3. The largest absolute Gasteiger partial charge is 0.188 e. The zero-order valence-corrected chi connectivity index (χ0v) is 9.09. The van der Waals surface area contributed by atoms with Crippen molar-refractivity contribution in [3.8, 4) is 0 Å². The topological polar surface area (TPSA) is 24.7 Å². The van der Waals surface area contributed by atoms with Crippen LogP contribution in [0.4, 0.5) is 11.4 Å². The van der Waals surface area contributed by atoms with Crippen molar-refractivity contribution < 1.29 is 0 Å². The van der Waals surface area contributed by atoms with E-state index in [0.29, 0.717) is 0 Å². The minimum absolute atomic E-state index is 0.860. The minimum atomic E-state index is 0.860. The average molecular weight is 208 g/mol. The highest BCUT2D eigenvalue weighted by Gasteiger charge is 1.86. The molecule has 0 fully saturated rings. The summed E-state index contributed by atoms with van der Waals surface area (Å²) in [6.07, 6.45) is 0. The second-order valence-electron chi connectivity index (χ2n) is 3.49. The average Bonchev–Trinajstić information content (AvgIpc) is 2.33. The van der Waals surface area contributed by atoms with Crippen LogP contribution < -0.4 is 0 Å². The highest BCUT2D eigenvalue weighted by atomic mass is 14.8. The van der Waals surface area contributed by atoms with Crippen molar-refractivity contribution >= 4 is 17.4 Å². The molecular formula is C14H12N2. The molecule has 0 aliphatic rings. The van der Waals surface area contributed by atoms with E-state index in [1.165, 1.54) is 5.56 Å². The number of aryl methyl sites for hydroxylation is 1. The predicted octanol–water partition coefficient (Wildman–Crippen LogP) is 4.13. The van der Waals surface area contributed by atoms with Crippen LogP contribution in [0.3, 0.4) is 0 Å². The number of para-hydroxylation sites is 1. The molecule has 0 aromatic heterocycles. The van der Waals surface area contributed by atoms with Gasteiger partial charge in [-0.3, -0.25) is 0 Å². The van der Waals surface area contributed by atoms with Crippen LogP contribution >= 0.6 is 0 Å². The third kappa shape index (κ3) is 2.91. The molecule has 2 aromatic carbocycles. The molecule has 2 rings (SSSR count). The maximum absolute atomic E-state index is 4.13. The summed E-state index contributed by atoms with van der Waals surface area (Å²) in [5.74, 6) is 0. The van der Waals surface area contributed by atoms with Crippen LogP contribution in [0.15, 0.2) is 64.6 Å². The summed E-state index contributed by atoms with van der Waals surface area (Å²) < 4.78 is 0. The van der Waals surface area contributed by atoms with Gasteiger partial charge in [0.25, 0.3) is 0 Å². The fourth-order valence-electron chi connectivity index (χ4n) is 1.26. The molecule has 16 heavy (non-hydrogen) atoms. The fourth-order valence-corrected chi connectivity index (χ4v) is 1.26. The number of nitrogens with zero attached hydrogens (tertiary/aromatic N) is 2. The monoisotopic (exact) mass is 208 g/mol. The summed E-state index contributed by atoms with van der Waals surface area (Å²) >= 11 is 0. The van der Waals surface area contributed by atoms with Crippen molar-refractivity contribution in [3.05, 3.63) is 60.2 Å². The van der Waals surface area contributed by atoms with Gasteiger partial charge in [-0.25, -0.2) is 0 Å². The Balaban J connectivity index is 2.15. The first-order valence-electron chi connectivity index (χ1n) is 5.13. The van der Waals surface area contributed by atoms with Gasteiger partial charge in [-0.05, 0) is 31.2 Å². The SMILES string of the molecule is Cc1ccc(N=C=Nc2ccccc2)cc1. The van der Waals surface area contributed by atoms with Gasteiger partial charge in [0, 0.05) is 0 Å². The van der Waals surface area contributed by atoms with Crippen molar-refractivity contribution in [2.75, 3.05) is 0 Å². The lowest BCUT2D eigenvalue weighted by atomic mass is 10.2. The van der Waals surface area contributed by atoms with E-state index < -0.39 is 0 Å². The molecule has 0 saturated carbocycles. The lowest BCUT2D eigenvalue weighted by molar-refractivity contribution is 1.43. The Morgan fingerprint density at radius 2 is 1.31 bits per heavy atom. The molecule has 0 heterocycles. The molecular weight excluding hydrogens is 196 g/mol. The Kier molecular flexibility index (Phi) is 3.27. The maximum Gasteiger partial charge on any atom is 0.100 e. The third-order valence-corrected chi connectivity index (χ3v) is 2.15. The Bertz CT molecular complexity index is 506. The number of benzene rings is 2. The number of hydrogen-bond donors (Lipinski definition) is 0. The molecule has 0 N–H and O–H groups in total. The standard InChI is InChI=1S/C14H12N2/c1-12-7-9-14(10-8-12)16-11-15-13-5-3-2-4-6-13/h2-10H,1H3. The minimum Gasteiger partial charge on any atom is -0.188 e. The van der Waals surface area contributed by atoms with Gasteiger partial charge >= 0.3 is 0 Å². The van der Waals surface area contributed by atoms with E-state index in [0.717, 1.165) is 11.4 Å². The van der Waals surface area contributed by atoms with Gasteiger partial charge in [0.1, 0.15) is 6.01 Å². The van der Waals surface area contributed by atoms with E-state index in [9.17, 15) is 0 Å². The number of rotatable bonds is 2. The molecule has 2 aromatic rings. The molecule has 2 nitrogen and oxygen atoms in total. The van der Waals surface area contributed by atoms with Crippen LogP contribution in [0.1, 0.15) is 5.56 Å². The highest BCUT2D eigenvalue weighted by molar-refractivity contribution is 5.57. The van der Waals surface area contributed by atoms with Gasteiger partial charge in [0.05, 0.1) is 11.4 Å². The molecule has 0 amide bonds. The quantitative estimate of drug-likeness (QED) is 0.663. The van der Waals surface area contributed by atoms with Crippen LogP contribution in [0.25, 0.3) is 0 Å². The van der Waals surface area contributed by atoms with Crippen molar-refractivity contribution in [1.29, 1.82) is 0 Å². The fraction of sp³-hybridized carbons (Fsp3) is 0.0714. The summed E-state index contributed by atoms with van der Waals surface area (Å²) in [7, 11) is 0. The lowest BCUT2D eigenvalue weighted by Crippen LogP contribution is -1.68. The van der Waals surface area contributed by atoms with Gasteiger partial charge in [0.2, 0.25) is 0 Å². The van der Waals surface area contributed by atoms with Gasteiger partial charge in [-0.1, -0.05) is 35.9 Å². The number of hydrogen-bond acceptors (Lipinski definition) is 2. The predicted molar refractivity (Wildman–Crippen MR) is 66.8 cm³/mol. The maximum atomic E-state index is 4.13. The summed E-state index contributed by atoms with van der Waals surface area (Å²) in [5, 5.41) is 0. The van der Waals surface area contributed by atoms with Crippen molar-refractivity contribution in [1.82, 2.24) is 0 Å². The normalized spacial score (nSPS) is 9.31. The van der Waals surface area contributed by atoms with Gasteiger partial charge in [-0.15, -0.1) is 0 Å². The lowest BCUT2D eigenvalue weighted by Gasteiger charge is -1.91. The molecule has 0 aliphatic heterocycles. The Morgan fingerprint density at radius 3 is 1.94 bits per heavy atom. The molecule has 0 bridgehead atoms. The smallest absolute Gasteiger partial charge is 0.100 e. The van der Waals surface area contributed by atoms with E-state index >= 15 is 0 Å².